The van der Waals surface area contributed by atoms with E-state index >= 15 is 0 Å². The van der Waals surface area contributed by atoms with Crippen molar-refractivity contribution in [1.29, 1.82) is 0 Å². The predicted molar refractivity (Wildman–Crippen MR) is 141 cm³/mol. The van der Waals surface area contributed by atoms with E-state index in [9.17, 15) is 14.4 Å². The minimum atomic E-state index is -0.586. The molecule has 2 aliphatic rings. The van der Waals surface area contributed by atoms with Crippen molar-refractivity contribution in [2.24, 2.45) is 0 Å². The number of amides is 1. The number of Topliss-reactive ketones (excluding diaryl/α,β-unsaturated/α-hetero) is 1. The van der Waals surface area contributed by atoms with E-state index in [-0.39, 0.29) is 23.7 Å². The maximum absolute atomic E-state index is 13.3. The average Bonchev–Trinajstić information content (AvgIpc) is 3.76. The highest BCUT2D eigenvalue weighted by Crippen LogP contribution is 2.43. The van der Waals surface area contributed by atoms with Crippen molar-refractivity contribution in [3.8, 4) is 11.1 Å². The van der Waals surface area contributed by atoms with Gasteiger partial charge in [0.25, 0.3) is 0 Å². The van der Waals surface area contributed by atoms with Gasteiger partial charge in [-0.3, -0.25) is 14.5 Å². The SMILES string of the molecule is COC(=O)c1ccc(C(=O)Cc2ccc(-c3ccccc3)cc2)cc1NC(=O)C1(N2CCOCC2)CC1. The fraction of sp³-hybridized carbons (Fsp3) is 0.300. The van der Waals surface area contributed by atoms with Gasteiger partial charge >= 0.3 is 5.97 Å². The predicted octanol–water partition coefficient (Wildman–Crippen LogP) is 4.37. The first-order valence-electron chi connectivity index (χ1n) is 12.5. The molecular weight excluding hydrogens is 468 g/mol. The summed E-state index contributed by atoms with van der Waals surface area (Å²) in [5.74, 6) is -0.837. The van der Waals surface area contributed by atoms with Gasteiger partial charge < -0.3 is 14.8 Å². The van der Waals surface area contributed by atoms with Crippen molar-refractivity contribution in [2.45, 2.75) is 24.8 Å². The van der Waals surface area contributed by atoms with Crippen LogP contribution in [0, 0.1) is 0 Å². The van der Waals surface area contributed by atoms with Crippen LogP contribution < -0.4 is 5.32 Å². The highest BCUT2D eigenvalue weighted by Gasteiger charge is 2.54. The summed E-state index contributed by atoms with van der Waals surface area (Å²) < 4.78 is 10.4. The largest absolute Gasteiger partial charge is 0.465 e. The number of esters is 1. The van der Waals surface area contributed by atoms with Crippen LogP contribution in [0.25, 0.3) is 11.1 Å². The highest BCUT2D eigenvalue weighted by molar-refractivity contribution is 6.07. The zero-order valence-electron chi connectivity index (χ0n) is 20.9. The van der Waals surface area contributed by atoms with Gasteiger partial charge in [0, 0.05) is 25.1 Å². The number of benzene rings is 3. The zero-order valence-corrected chi connectivity index (χ0v) is 20.9. The second kappa shape index (κ2) is 10.7. The normalized spacial score (nSPS) is 16.6. The van der Waals surface area contributed by atoms with E-state index < -0.39 is 11.5 Å². The molecule has 0 spiro atoms. The standard InChI is InChI=1S/C30H30N2O5/c1-36-28(34)25-12-11-24(20-26(25)31-29(35)30(13-14-30)32-15-17-37-18-16-32)27(33)19-21-7-9-23(10-8-21)22-5-3-2-4-6-22/h2-12,20H,13-19H2,1H3,(H,31,35). The third kappa shape index (κ3) is 5.33. The second-order valence-corrected chi connectivity index (χ2v) is 9.50. The molecule has 3 aromatic carbocycles. The van der Waals surface area contributed by atoms with Crippen LogP contribution in [-0.2, 0) is 20.7 Å². The molecule has 1 aliphatic carbocycles. The molecule has 0 aromatic heterocycles. The van der Waals surface area contributed by atoms with Crippen molar-refractivity contribution in [3.05, 3.63) is 89.5 Å². The first kappa shape index (κ1) is 24.9. The van der Waals surface area contributed by atoms with Crippen LogP contribution in [0.5, 0.6) is 0 Å². The minimum absolute atomic E-state index is 0.103. The van der Waals surface area contributed by atoms with E-state index in [0.29, 0.717) is 37.6 Å². The van der Waals surface area contributed by atoms with Crippen LogP contribution in [0.1, 0.15) is 39.1 Å². The molecule has 3 aromatic rings. The monoisotopic (exact) mass is 498 g/mol. The summed E-state index contributed by atoms with van der Waals surface area (Å²) in [7, 11) is 1.29. The van der Waals surface area contributed by atoms with Gasteiger partial charge in [0.05, 0.1) is 31.6 Å². The Bertz CT molecular complexity index is 1290. The lowest BCUT2D eigenvalue weighted by Crippen LogP contribution is -2.51. The fourth-order valence-corrected chi connectivity index (χ4v) is 4.88. The van der Waals surface area contributed by atoms with Gasteiger partial charge in [-0.2, -0.15) is 0 Å². The molecule has 0 radical (unpaired) electrons. The first-order chi connectivity index (χ1) is 18.0. The summed E-state index contributed by atoms with van der Waals surface area (Å²) in [6.45, 7) is 2.58. The van der Waals surface area contributed by atoms with Crippen molar-refractivity contribution in [1.82, 2.24) is 4.90 Å². The maximum Gasteiger partial charge on any atom is 0.339 e. The summed E-state index contributed by atoms with van der Waals surface area (Å²) in [5.41, 5.74) is 3.43. The Morgan fingerprint density at radius 2 is 1.59 bits per heavy atom. The summed E-state index contributed by atoms with van der Waals surface area (Å²) >= 11 is 0. The number of nitrogens with zero attached hydrogens (tertiary/aromatic N) is 1. The number of carbonyl (C=O) groups is 3. The van der Waals surface area contributed by atoms with Crippen molar-refractivity contribution in [2.75, 3.05) is 38.7 Å². The van der Waals surface area contributed by atoms with Crippen LogP contribution in [0.3, 0.4) is 0 Å². The van der Waals surface area contributed by atoms with Crippen LogP contribution in [0.2, 0.25) is 0 Å². The Morgan fingerprint density at radius 3 is 2.24 bits per heavy atom. The molecule has 1 amide bonds. The number of morpholine rings is 1. The number of carbonyl (C=O) groups excluding carboxylic acids is 3. The Morgan fingerprint density at radius 1 is 0.919 bits per heavy atom. The van der Waals surface area contributed by atoms with Gasteiger partial charge in [-0.15, -0.1) is 0 Å². The molecule has 0 unspecified atom stereocenters. The second-order valence-electron chi connectivity index (χ2n) is 9.50. The summed E-state index contributed by atoms with van der Waals surface area (Å²) in [6.07, 6.45) is 1.71. The molecule has 5 rings (SSSR count). The molecule has 1 N–H and O–H groups in total. The van der Waals surface area contributed by atoms with Gasteiger partial charge in [0.15, 0.2) is 5.78 Å². The zero-order chi connectivity index (χ0) is 25.8. The lowest BCUT2D eigenvalue weighted by atomic mass is 9.98. The van der Waals surface area contributed by atoms with E-state index in [2.05, 4.69) is 10.2 Å². The van der Waals surface area contributed by atoms with E-state index in [4.69, 9.17) is 9.47 Å². The van der Waals surface area contributed by atoms with Crippen LogP contribution in [0.15, 0.2) is 72.8 Å². The number of ether oxygens (including phenoxy) is 2. The molecule has 1 heterocycles. The Kier molecular flexibility index (Phi) is 7.17. The average molecular weight is 499 g/mol. The molecule has 2 fully saturated rings. The number of nitrogens with one attached hydrogen (secondary N) is 1. The highest BCUT2D eigenvalue weighted by atomic mass is 16.5. The quantitative estimate of drug-likeness (QED) is 0.367. The Balaban J connectivity index is 1.34. The smallest absolute Gasteiger partial charge is 0.339 e. The maximum atomic E-state index is 13.3. The summed E-state index contributed by atoms with van der Waals surface area (Å²) in [6, 6.07) is 22.7. The Labute approximate surface area is 216 Å². The number of rotatable bonds is 8. The van der Waals surface area contributed by atoms with Crippen LogP contribution in [-0.4, -0.2) is 61.5 Å². The summed E-state index contributed by atoms with van der Waals surface area (Å²) in [4.78, 5) is 41.1. The van der Waals surface area contributed by atoms with E-state index in [1.807, 2.05) is 54.6 Å². The number of hydrogen-bond acceptors (Lipinski definition) is 6. The van der Waals surface area contributed by atoms with Crippen molar-refractivity contribution >= 4 is 23.3 Å². The Hall–Kier alpha value is -3.81. The number of hydrogen-bond donors (Lipinski definition) is 1. The third-order valence-corrected chi connectivity index (χ3v) is 7.18. The molecule has 7 heteroatoms. The first-order valence-corrected chi connectivity index (χ1v) is 12.5. The minimum Gasteiger partial charge on any atom is -0.465 e. The molecule has 7 nitrogen and oxygen atoms in total. The van der Waals surface area contributed by atoms with Gasteiger partial charge in [-0.05, 0) is 41.7 Å². The van der Waals surface area contributed by atoms with Crippen molar-refractivity contribution < 1.29 is 23.9 Å². The van der Waals surface area contributed by atoms with E-state index in [1.165, 1.54) is 7.11 Å². The lowest BCUT2D eigenvalue weighted by molar-refractivity contribution is -0.124. The van der Waals surface area contributed by atoms with Gasteiger partial charge in [0.2, 0.25) is 5.91 Å². The number of ketones is 1. The molecule has 1 saturated carbocycles. The topological polar surface area (TPSA) is 84.9 Å². The molecule has 1 aliphatic heterocycles. The molecular formula is C30H30N2O5. The number of anilines is 1. The fourth-order valence-electron chi connectivity index (χ4n) is 4.88. The number of methoxy groups -OCH3 is 1. The molecule has 0 atom stereocenters. The van der Waals surface area contributed by atoms with Gasteiger partial charge in [-0.1, -0.05) is 60.7 Å². The molecule has 0 bridgehead atoms. The molecule has 190 valence electrons. The van der Waals surface area contributed by atoms with Crippen LogP contribution in [0.4, 0.5) is 5.69 Å². The van der Waals surface area contributed by atoms with Crippen molar-refractivity contribution in [3.63, 3.8) is 0 Å². The lowest BCUT2D eigenvalue weighted by Gasteiger charge is -2.33. The van der Waals surface area contributed by atoms with Gasteiger partial charge in [0.1, 0.15) is 5.54 Å². The van der Waals surface area contributed by atoms with Gasteiger partial charge in [-0.25, -0.2) is 4.79 Å². The molecule has 1 saturated heterocycles. The molecule has 37 heavy (non-hydrogen) atoms. The third-order valence-electron chi connectivity index (χ3n) is 7.18. The van der Waals surface area contributed by atoms with Crippen LogP contribution >= 0.6 is 0 Å². The van der Waals surface area contributed by atoms with E-state index in [0.717, 1.165) is 29.5 Å². The van der Waals surface area contributed by atoms with E-state index in [1.54, 1.807) is 18.2 Å². The summed E-state index contributed by atoms with van der Waals surface area (Å²) in [5, 5.41) is 2.94.